The fourth-order valence-electron chi connectivity index (χ4n) is 2.29. The van der Waals surface area contributed by atoms with Crippen LogP contribution in [0.25, 0.3) is 0 Å². The second-order valence-electron chi connectivity index (χ2n) is 4.77. The Kier molecular flexibility index (Phi) is 4.32. The minimum atomic E-state index is 0.456. The van der Waals surface area contributed by atoms with Crippen molar-refractivity contribution in [3.8, 4) is 0 Å². The Morgan fingerprint density at radius 3 is 2.81 bits per heavy atom. The van der Waals surface area contributed by atoms with Crippen molar-refractivity contribution in [1.82, 2.24) is 10.3 Å². The van der Waals surface area contributed by atoms with Gasteiger partial charge in [-0.2, -0.15) is 0 Å². The van der Waals surface area contributed by atoms with Crippen LogP contribution >= 0.6 is 11.3 Å². The quantitative estimate of drug-likeness (QED) is 0.845. The van der Waals surface area contributed by atoms with Crippen LogP contribution in [0, 0.1) is 12.8 Å². The lowest BCUT2D eigenvalue weighted by atomic mass is 9.86. The summed E-state index contributed by atoms with van der Waals surface area (Å²) < 4.78 is 0. The van der Waals surface area contributed by atoms with Gasteiger partial charge in [0.2, 0.25) is 0 Å². The number of thiazole rings is 1. The summed E-state index contributed by atoms with van der Waals surface area (Å²) in [6, 6.07) is 0.456. The van der Waals surface area contributed by atoms with Crippen molar-refractivity contribution in [3.63, 3.8) is 0 Å². The van der Waals surface area contributed by atoms with Crippen molar-refractivity contribution in [2.24, 2.45) is 11.7 Å². The highest BCUT2D eigenvalue weighted by Crippen LogP contribution is 2.22. The summed E-state index contributed by atoms with van der Waals surface area (Å²) in [6.07, 6.45) is 4.96. The van der Waals surface area contributed by atoms with Gasteiger partial charge in [-0.25, -0.2) is 4.98 Å². The van der Waals surface area contributed by atoms with Gasteiger partial charge in [-0.1, -0.05) is 0 Å². The molecule has 0 saturated heterocycles. The van der Waals surface area contributed by atoms with Gasteiger partial charge in [0.1, 0.15) is 0 Å². The molecule has 0 aliphatic heterocycles. The molecule has 0 bridgehead atoms. The predicted octanol–water partition coefficient (Wildman–Crippen LogP) is 2.06. The zero-order valence-corrected chi connectivity index (χ0v) is 10.7. The molecular formula is C12H21N3S. The topological polar surface area (TPSA) is 50.9 Å². The van der Waals surface area contributed by atoms with Crippen LogP contribution in [0.4, 0.5) is 0 Å². The fraction of sp³-hybridized carbons (Fsp3) is 0.750. The van der Waals surface area contributed by atoms with Gasteiger partial charge < -0.3 is 11.1 Å². The lowest BCUT2D eigenvalue weighted by Crippen LogP contribution is -2.31. The van der Waals surface area contributed by atoms with E-state index in [1.54, 1.807) is 11.3 Å². The Hall–Kier alpha value is -0.450. The van der Waals surface area contributed by atoms with E-state index in [2.05, 4.69) is 22.6 Å². The second-order valence-corrected chi connectivity index (χ2v) is 5.83. The molecule has 90 valence electrons. The highest BCUT2D eigenvalue weighted by Gasteiger charge is 2.17. The van der Waals surface area contributed by atoms with Crippen LogP contribution in [-0.4, -0.2) is 17.6 Å². The van der Waals surface area contributed by atoms with Crippen molar-refractivity contribution in [1.29, 1.82) is 0 Å². The van der Waals surface area contributed by atoms with Gasteiger partial charge in [-0.05, 0) is 45.1 Å². The molecule has 1 heterocycles. The molecule has 1 aromatic heterocycles. The maximum absolute atomic E-state index is 5.89. The highest BCUT2D eigenvalue weighted by atomic mass is 32.1. The van der Waals surface area contributed by atoms with Crippen molar-refractivity contribution in [2.75, 3.05) is 6.54 Å². The molecule has 0 spiro atoms. The summed E-state index contributed by atoms with van der Waals surface area (Å²) in [4.78, 5) is 4.44. The third-order valence-electron chi connectivity index (χ3n) is 3.30. The number of nitrogens with two attached hydrogens (primary N) is 1. The molecule has 1 aliphatic carbocycles. The van der Waals surface area contributed by atoms with E-state index in [0.29, 0.717) is 6.04 Å². The molecule has 0 amide bonds. The Labute approximate surface area is 101 Å². The first-order chi connectivity index (χ1) is 7.74. The van der Waals surface area contributed by atoms with E-state index in [9.17, 15) is 0 Å². The van der Waals surface area contributed by atoms with Gasteiger partial charge >= 0.3 is 0 Å². The average molecular weight is 239 g/mol. The van der Waals surface area contributed by atoms with Gasteiger partial charge in [0.15, 0.2) is 0 Å². The normalized spacial score (nSPS) is 25.9. The van der Waals surface area contributed by atoms with E-state index in [0.717, 1.165) is 24.0 Å². The summed E-state index contributed by atoms with van der Waals surface area (Å²) >= 11 is 1.72. The standard InChI is InChI=1S/C12H21N3S/c1-9-15-12(8-16-9)7-14-6-10-2-4-11(13)5-3-10/h8,10-11,14H,2-7,13H2,1H3. The molecular weight excluding hydrogens is 218 g/mol. The van der Waals surface area contributed by atoms with Crippen molar-refractivity contribution in [2.45, 2.75) is 45.2 Å². The fourth-order valence-corrected chi connectivity index (χ4v) is 2.90. The summed E-state index contributed by atoms with van der Waals surface area (Å²) in [5, 5.41) is 6.79. The Morgan fingerprint density at radius 2 is 2.19 bits per heavy atom. The molecule has 4 heteroatoms. The van der Waals surface area contributed by atoms with Gasteiger partial charge in [-0.3, -0.25) is 0 Å². The molecule has 1 fully saturated rings. The molecule has 0 radical (unpaired) electrons. The number of hydrogen-bond donors (Lipinski definition) is 2. The Balaban J connectivity index is 1.64. The molecule has 1 saturated carbocycles. The lowest BCUT2D eigenvalue weighted by molar-refractivity contribution is 0.314. The number of nitrogens with zero attached hydrogens (tertiary/aromatic N) is 1. The van der Waals surface area contributed by atoms with Crippen molar-refractivity contribution >= 4 is 11.3 Å². The minimum absolute atomic E-state index is 0.456. The zero-order valence-electron chi connectivity index (χ0n) is 9.91. The first-order valence-corrected chi connectivity index (χ1v) is 6.99. The lowest BCUT2D eigenvalue weighted by Gasteiger charge is -2.26. The van der Waals surface area contributed by atoms with E-state index in [-0.39, 0.29) is 0 Å². The molecule has 2 rings (SSSR count). The summed E-state index contributed by atoms with van der Waals surface area (Å²) in [6.45, 7) is 4.08. The van der Waals surface area contributed by atoms with Crippen LogP contribution < -0.4 is 11.1 Å². The first-order valence-electron chi connectivity index (χ1n) is 6.11. The number of aromatic nitrogens is 1. The summed E-state index contributed by atoms with van der Waals surface area (Å²) in [7, 11) is 0. The molecule has 1 aliphatic rings. The molecule has 0 unspecified atom stereocenters. The van der Waals surface area contributed by atoms with E-state index >= 15 is 0 Å². The second kappa shape index (κ2) is 5.75. The molecule has 3 nitrogen and oxygen atoms in total. The molecule has 0 aromatic carbocycles. The zero-order chi connectivity index (χ0) is 11.4. The Morgan fingerprint density at radius 1 is 1.44 bits per heavy atom. The smallest absolute Gasteiger partial charge is 0.0897 e. The molecule has 16 heavy (non-hydrogen) atoms. The predicted molar refractivity (Wildman–Crippen MR) is 68.5 cm³/mol. The maximum Gasteiger partial charge on any atom is 0.0897 e. The van der Waals surface area contributed by atoms with Crippen LogP contribution in [-0.2, 0) is 6.54 Å². The molecule has 1 aromatic rings. The van der Waals surface area contributed by atoms with E-state index in [4.69, 9.17) is 5.73 Å². The summed E-state index contributed by atoms with van der Waals surface area (Å²) in [5.74, 6) is 0.819. The van der Waals surface area contributed by atoms with Gasteiger partial charge in [0, 0.05) is 18.0 Å². The SMILES string of the molecule is Cc1nc(CNCC2CCC(N)CC2)cs1. The van der Waals surface area contributed by atoms with E-state index in [1.165, 1.54) is 31.4 Å². The van der Waals surface area contributed by atoms with E-state index < -0.39 is 0 Å². The highest BCUT2D eigenvalue weighted by molar-refractivity contribution is 7.09. The van der Waals surface area contributed by atoms with Crippen molar-refractivity contribution < 1.29 is 0 Å². The first kappa shape index (κ1) is 12.0. The van der Waals surface area contributed by atoms with Crippen LogP contribution in [0.5, 0.6) is 0 Å². The van der Waals surface area contributed by atoms with Crippen molar-refractivity contribution in [3.05, 3.63) is 16.1 Å². The largest absolute Gasteiger partial charge is 0.328 e. The van der Waals surface area contributed by atoms with Gasteiger partial charge in [0.25, 0.3) is 0 Å². The molecule has 3 N–H and O–H groups in total. The van der Waals surface area contributed by atoms with Gasteiger partial charge in [-0.15, -0.1) is 11.3 Å². The van der Waals surface area contributed by atoms with E-state index in [1.807, 2.05) is 0 Å². The summed E-state index contributed by atoms with van der Waals surface area (Å²) in [5.41, 5.74) is 7.07. The van der Waals surface area contributed by atoms with Crippen LogP contribution in [0.3, 0.4) is 0 Å². The average Bonchev–Trinajstić information content (AvgIpc) is 2.67. The minimum Gasteiger partial charge on any atom is -0.328 e. The molecule has 0 atom stereocenters. The third kappa shape index (κ3) is 3.54. The van der Waals surface area contributed by atoms with Crippen LogP contribution in [0.15, 0.2) is 5.38 Å². The van der Waals surface area contributed by atoms with Gasteiger partial charge in [0.05, 0.1) is 10.7 Å². The number of nitrogens with one attached hydrogen (secondary N) is 1. The monoisotopic (exact) mass is 239 g/mol. The third-order valence-corrected chi connectivity index (χ3v) is 4.12. The Bertz CT molecular complexity index is 316. The number of aryl methyl sites for hydroxylation is 1. The number of hydrogen-bond acceptors (Lipinski definition) is 4. The van der Waals surface area contributed by atoms with Crippen LogP contribution in [0.1, 0.15) is 36.4 Å². The maximum atomic E-state index is 5.89. The number of rotatable bonds is 4. The van der Waals surface area contributed by atoms with Crippen LogP contribution in [0.2, 0.25) is 0 Å².